The highest BCUT2D eigenvalue weighted by atomic mass is 32.2. The third kappa shape index (κ3) is 4.60. The highest BCUT2D eigenvalue weighted by Gasteiger charge is 2.18. The van der Waals surface area contributed by atoms with Gasteiger partial charge in [0.05, 0.1) is 34.3 Å². The molecule has 2 aromatic carbocycles. The zero-order valence-electron chi connectivity index (χ0n) is 16.7. The normalized spacial score (nSPS) is 10.8. The van der Waals surface area contributed by atoms with Crippen molar-refractivity contribution in [1.29, 1.82) is 0 Å². The number of aromatic nitrogens is 2. The zero-order valence-corrected chi connectivity index (χ0v) is 17.5. The highest BCUT2D eigenvalue weighted by Crippen LogP contribution is 2.29. The van der Waals surface area contributed by atoms with E-state index in [4.69, 9.17) is 4.74 Å². The number of hydrogen-bond donors (Lipinski definition) is 1. The topological polar surface area (TPSA) is 116 Å². The molecule has 156 valence electrons. The van der Waals surface area contributed by atoms with E-state index in [1.54, 1.807) is 32.2 Å². The van der Waals surface area contributed by atoms with E-state index in [0.29, 0.717) is 28.4 Å². The second-order valence-electron chi connectivity index (χ2n) is 6.49. The number of aryl methyl sites for hydroxylation is 1. The Morgan fingerprint density at radius 1 is 1.30 bits per heavy atom. The van der Waals surface area contributed by atoms with Gasteiger partial charge in [0.25, 0.3) is 11.2 Å². The van der Waals surface area contributed by atoms with E-state index in [1.807, 2.05) is 13.0 Å². The van der Waals surface area contributed by atoms with E-state index >= 15 is 0 Å². The molecule has 0 saturated carbocycles. The van der Waals surface area contributed by atoms with Crippen LogP contribution in [-0.4, -0.2) is 32.7 Å². The first kappa shape index (κ1) is 21.3. The summed E-state index contributed by atoms with van der Waals surface area (Å²) in [7, 11) is 1.59. The smallest absolute Gasteiger partial charge is 0.296 e. The number of anilines is 1. The summed E-state index contributed by atoms with van der Waals surface area (Å²) < 4.78 is 6.65. The summed E-state index contributed by atoms with van der Waals surface area (Å²) in [6, 6.07) is 9.65. The van der Waals surface area contributed by atoms with Crippen molar-refractivity contribution in [2.24, 2.45) is 7.05 Å². The monoisotopic (exact) mass is 428 g/mol. The second-order valence-corrected chi connectivity index (χ2v) is 7.43. The van der Waals surface area contributed by atoms with E-state index in [9.17, 15) is 19.7 Å². The van der Waals surface area contributed by atoms with E-state index in [0.717, 1.165) is 17.3 Å². The quantitative estimate of drug-likeness (QED) is 0.266. The molecule has 0 unspecified atom stereocenters. The molecule has 0 atom stereocenters. The largest absolute Gasteiger partial charge is 0.494 e. The Hall–Kier alpha value is -3.40. The van der Waals surface area contributed by atoms with Crippen molar-refractivity contribution in [3.05, 3.63) is 62.4 Å². The Kier molecular flexibility index (Phi) is 6.36. The summed E-state index contributed by atoms with van der Waals surface area (Å²) in [5, 5.41) is 14.7. The number of carbonyl (C=O) groups is 1. The van der Waals surface area contributed by atoms with Crippen LogP contribution in [0.4, 0.5) is 11.4 Å². The number of ether oxygens (including phenoxy) is 1. The van der Waals surface area contributed by atoms with E-state index < -0.39 is 10.8 Å². The lowest BCUT2D eigenvalue weighted by atomic mass is 10.2. The SMILES string of the molecule is CCOc1ccc(NC(=O)CSc2nc3ccc(C)cc3c(=O)n2C)c([N+](=O)[O-])c1. The molecule has 0 radical (unpaired) electrons. The lowest BCUT2D eigenvalue weighted by molar-refractivity contribution is -0.384. The van der Waals surface area contributed by atoms with Gasteiger partial charge in [-0.05, 0) is 38.1 Å². The number of nitro benzene ring substituents is 1. The first-order chi connectivity index (χ1) is 14.3. The fourth-order valence-electron chi connectivity index (χ4n) is 2.83. The van der Waals surface area contributed by atoms with E-state index in [-0.39, 0.29) is 22.7 Å². The predicted octanol–water partition coefficient (Wildman–Crippen LogP) is 3.28. The Labute approximate surface area is 176 Å². The number of thioether (sulfide) groups is 1. The molecule has 0 aliphatic carbocycles. The van der Waals surface area contributed by atoms with Crippen LogP contribution in [0.25, 0.3) is 10.9 Å². The van der Waals surface area contributed by atoms with Crippen molar-refractivity contribution in [3.63, 3.8) is 0 Å². The summed E-state index contributed by atoms with van der Waals surface area (Å²) >= 11 is 1.08. The van der Waals surface area contributed by atoms with Crippen molar-refractivity contribution in [3.8, 4) is 5.75 Å². The van der Waals surface area contributed by atoms with Crippen LogP contribution in [0.2, 0.25) is 0 Å². The van der Waals surface area contributed by atoms with Gasteiger partial charge in [0.2, 0.25) is 5.91 Å². The summed E-state index contributed by atoms with van der Waals surface area (Å²) in [5.41, 5.74) is 1.12. The number of benzene rings is 2. The first-order valence-corrected chi connectivity index (χ1v) is 10.1. The van der Waals surface area contributed by atoms with Crippen LogP contribution in [0.15, 0.2) is 46.3 Å². The van der Waals surface area contributed by atoms with Crippen molar-refractivity contribution in [2.45, 2.75) is 19.0 Å². The maximum absolute atomic E-state index is 12.6. The molecule has 0 saturated heterocycles. The number of nitrogens with one attached hydrogen (secondary N) is 1. The fourth-order valence-corrected chi connectivity index (χ4v) is 3.61. The molecule has 0 bridgehead atoms. The molecule has 9 nitrogen and oxygen atoms in total. The van der Waals surface area contributed by atoms with Gasteiger partial charge in [0, 0.05) is 7.05 Å². The standard InChI is InChI=1S/C20H20N4O5S/c1-4-29-13-6-8-16(17(10-13)24(27)28)21-18(25)11-30-20-22-15-7-5-12(2)9-14(15)19(26)23(20)3/h5-10H,4,11H2,1-3H3,(H,21,25). The zero-order chi connectivity index (χ0) is 21.8. The molecule has 3 aromatic rings. The molecule has 0 fully saturated rings. The van der Waals surface area contributed by atoms with Crippen LogP contribution in [0.3, 0.4) is 0 Å². The van der Waals surface area contributed by atoms with Crippen LogP contribution >= 0.6 is 11.8 Å². The minimum atomic E-state index is -0.581. The molecular formula is C20H20N4O5S. The number of carbonyl (C=O) groups excluding carboxylic acids is 1. The first-order valence-electron chi connectivity index (χ1n) is 9.11. The Morgan fingerprint density at radius 3 is 2.77 bits per heavy atom. The van der Waals surface area contributed by atoms with E-state index in [2.05, 4.69) is 10.3 Å². The van der Waals surface area contributed by atoms with Crippen LogP contribution in [0.5, 0.6) is 5.75 Å². The lowest BCUT2D eigenvalue weighted by Gasteiger charge is -2.10. The maximum Gasteiger partial charge on any atom is 0.296 e. The van der Waals surface area contributed by atoms with Gasteiger partial charge in [0.15, 0.2) is 5.16 Å². The number of amides is 1. The van der Waals surface area contributed by atoms with E-state index in [1.165, 1.54) is 16.7 Å². The number of hydrogen-bond acceptors (Lipinski definition) is 7. The summed E-state index contributed by atoms with van der Waals surface area (Å²) in [5.74, 6) is -0.171. The molecule has 30 heavy (non-hydrogen) atoms. The second kappa shape index (κ2) is 8.95. The predicted molar refractivity (Wildman–Crippen MR) is 115 cm³/mol. The molecular weight excluding hydrogens is 408 g/mol. The van der Waals surface area contributed by atoms with Gasteiger partial charge in [-0.25, -0.2) is 4.98 Å². The third-order valence-corrected chi connectivity index (χ3v) is 5.30. The molecule has 3 rings (SSSR count). The van der Waals surface area contributed by atoms with Gasteiger partial charge in [-0.3, -0.25) is 24.3 Å². The van der Waals surface area contributed by atoms with Crippen LogP contribution in [-0.2, 0) is 11.8 Å². The third-order valence-electron chi connectivity index (χ3n) is 4.27. The molecule has 1 amide bonds. The number of rotatable bonds is 7. The summed E-state index contributed by atoms with van der Waals surface area (Å²) in [6.45, 7) is 4.04. The minimum absolute atomic E-state index is 0.0674. The molecule has 0 spiro atoms. The fraction of sp³-hybridized carbons (Fsp3) is 0.250. The Bertz CT molecular complexity index is 1190. The Morgan fingerprint density at radius 2 is 2.07 bits per heavy atom. The van der Waals surface area contributed by atoms with Crippen LogP contribution < -0.4 is 15.6 Å². The van der Waals surface area contributed by atoms with Gasteiger partial charge in [-0.15, -0.1) is 0 Å². The lowest BCUT2D eigenvalue weighted by Crippen LogP contribution is -2.21. The van der Waals surface area contributed by atoms with Gasteiger partial charge in [-0.2, -0.15) is 0 Å². The minimum Gasteiger partial charge on any atom is -0.494 e. The molecule has 10 heteroatoms. The van der Waals surface area contributed by atoms with Gasteiger partial charge < -0.3 is 10.1 Å². The molecule has 0 aliphatic heterocycles. The van der Waals surface area contributed by atoms with Gasteiger partial charge >= 0.3 is 0 Å². The average Bonchev–Trinajstić information content (AvgIpc) is 2.71. The Balaban J connectivity index is 1.77. The number of nitro groups is 1. The average molecular weight is 428 g/mol. The maximum atomic E-state index is 12.6. The van der Waals surface area contributed by atoms with Gasteiger partial charge in [0.1, 0.15) is 11.4 Å². The highest BCUT2D eigenvalue weighted by molar-refractivity contribution is 7.99. The number of nitrogens with zero attached hydrogens (tertiary/aromatic N) is 3. The molecule has 1 N–H and O–H groups in total. The van der Waals surface area contributed by atoms with Crippen molar-refractivity contribution in [1.82, 2.24) is 9.55 Å². The van der Waals surface area contributed by atoms with Crippen LogP contribution in [0, 0.1) is 17.0 Å². The van der Waals surface area contributed by atoms with Crippen molar-refractivity contribution in [2.75, 3.05) is 17.7 Å². The molecule has 1 heterocycles. The van der Waals surface area contributed by atoms with Gasteiger partial charge in [-0.1, -0.05) is 23.4 Å². The number of fused-ring (bicyclic) bond motifs is 1. The summed E-state index contributed by atoms with van der Waals surface area (Å²) in [6.07, 6.45) is 0. The summed E-state index contributed by atoms with van der Waals surface area (Å²) in [4.78, 5) is 40.1. The molecule has 1 aromatic heterocycles. The van der Waals surface area contributed by atoms with Crippen molar-refractivity contribution < 1.29 is 14.5 Å². The van der Waals surface area contributed by atoms with Crippen molar-refractivity contribution >= 4 is 39.9 Å². The van der Waals surface area contributed by atoms with Crippen LogP contribution in [0.1, 0.15) is 12.5 Å². The molecule has 0 aliphatic rings.